The molecule has 1 aromatic heterocycles. The van der Waals surface area contributed by atoms with Crippen LogP contribution in [-0.4, -0.2) is 38.9 Å². The van der Waals surface area contributed by atoms with Gasteiger partial charge in [0.2, 0.25) is 10.0 Å². The van der Waals surface area contributed by atoms with Gasteiger partial charge >= 0.3 is 0 Å². The lowest BCUT2D eigenvalue weighted by atomic mass is 10.1. The fourth-order valence-corrected chi connectivity index (χ4v) is 5.61. The quantitative estimate of drug-likeness (QED) is 0.503. The number of benzene rings is 1. The largest absolute Gasteiger partial charge is 0.340 e. The third kappa shape index (κ3) is 5.07. The second-order valence-corrected chi connectivity index (χ2v) is 10.2. The van der Waals surface area contributed by atoms with Crippen LogP contribution in [0.3, 0.4) is 0 Å². The topological polar surface area (TPSA) is 85.8 Å². The highest BCUT2D eigenvalue weighted by atomic mass is 32.2. The lowest BCUT2D eigenvalue weighted by Gasteiger charge is -2.29. The SMILES string of the molecule is CCC1=C2NC(c3ccccc3)=CC(=NCCCCNS(=O)(=O)c3cccs3)N2NC1. The zero-order valence-electron chi connectivity index (χ0n) is 17.5. The van der Waals surface area contributed by atoms with Crippen molar-refractivity contribution < 1.29 is 8.42 Å². The summed E-state index contributed by atoms with van der Waals surface area (Å²) in [5, 5.41) is 7.33. The van der Waals surface area contributed by atoms with Crippen LogP contribution in [-0.2, 0) is 10.0 Å². The molecule has 2 aliphatic rings. The number of thiophene rings is 1. The molecule has 31 heavy (non-hydrogen) atoms. The van der Waals surface area contributed by atoms with E-state index in [0.29, 0.717) is 17.3 Å². The highest BCUT2D eigenvalue weighted by molar-refractivity contribution is 7.91. The van der Waals surface area contributed by atoms with Crippen LogP contribution in [0.1, 0.15) is 31.7 Å². The van der Waals surface area contributed by atoms with Gasteiger partial charge in [0.1, 0.15) is 15.9 Å². The number of unbranched alkanes of at least 4 members (excludes halogenated alkanes) is 1. The van der Waals surface area contributed by atoms with E-state index in [1.165, 1.54) is 16.9 Å². The number of rotatable bonds is 9. The molecular formula is C22H27N5O2S2. The van der Waals surface area contributed by atoms with E-state index in [4.69, 9.17) is 4.99 Å². The van der Waals surface area contributed by atoms with E-state index >= 15 is 0 Å². The van der Waals surface area contributed by atoms with E-state index in [1.54, 1.807) is 17.5 Å². The van der Waals surface area contributed by atoms with Gasteiger partial charge in [-0.2, -0.15) is 0 Å². The van der Waals surface area contributed by atoms with Gasteiger partial charge in [0.25, 0.3) is 0 Å². The Morgan fingerprint density at radius 1 is 1.16 bits per heavy atom. The van der Waals surface area contributed by atoms with E-state index < -0.39 is 10.0 Å². The standard InChI is InChI=1S/C22H27N5O2S2/c1-2-17-16-24-27-20(15-19(26-22(17)27)18-9-4-3-5-10-18)23-12-6-7-13-25-31(28,29)21-11-8-14-30-21/h3-5,8-11,14-15,24-26H,2,6-7,12-13,16H2,1H3. The van der Waals surface area contributed by atoms with E-state index in [1.807, 2.05) is 23.2 Å². The highest BCUT2D eigenvalue weighted by Gasteiger charge is 2.29. The van der Waals surface area contributed by atoms with Gasteiger partial charge in [0.15, 0.2) is 0 Å². The number of sulfonamides is 1. The molecule has 3 heterocycles. The van der Waals surface area contributed by atoms with Crippen molar-refractivity contribution in [2.75, 3.05) is 19.6 Å². The summed E-state index contributed by atoms with van der Waals surface area (Å²) in [6.07, 6.45) is 4.55. The van der Waals surface area contributed by atoms with Crippen molar-refractivity contribution in [3.8, 4) is 0 Å². The van der Waals surface area contributed by atoms with Crippen LogP contribution in [0, 0.1) is 0 Å². The summed E-state index contributed by atoms with van der Waals surface area (Å²) in [6, 6.07) is 13.6. The number of hydrogen-bond donors (Lipinski definition) is 3. The van der Waals surface area contributed by atoms with Crippen LogP contribution in [0.5, 0.6) is 0 Å². The van der Waals surface area contributed by atoms with Gasteiger partial charge in [-0.05, 0) is 41.8 Å². The monoisotopic (exact) mass is 457 g/mol. The second kappa shape index (κ2) is 9.78. The summed E-state index contributed by atoms with van der Waals surface area (Å²) in [5.74, 6) is 1.93. The first-order valence-corrected chi connectivity index (χ1v) is 12.8. The third-order valence-corrected chi connectivity index (χ3v) is 8.05. The van der Waals surface area contributed by atoms with E-state index in [0.717, 1.165) is 48.7 Å². The molecule has 3 N–H and O–H groups in total. The molecule has 164 valence electrons. The van der Waals surface area contributed by atoms with Crippen LogP contribution >= 0.6 is 11.3 Å². The van der Waals surface area contributed by atoms with E-state index in [2.05, 4.69) is 40.6 Å². The number of hydrazine groups is 1. The van der Waals surface area contributed by atoms with Gasteiger partial charge < -0.3 is 5.32 Å². The lowest BCUT2D eigenvalue weighted by Crippen LogP contribution is -2.44. The summed E-state index contributed by atoms with van der Waals surface area (Å²) in [5.41, 5.74) is 6.87. The number of nitrogens with zero attached hydrogens (tertiary/aromatic N) is 2. The van der Waals surface area contributed by atoms with Gasteiger partial charge in [0, 0.05) is 25.7 Å². The average Bonchev–Trinajstić information content (AvgIpc) is 3.47. The van der Waals surface area contributed by atoms with Crippen molar-refractivity contribution in [3.05, 3.63) is 70.9 Å². The average molecular weight is 458 g/mol. The summed E-state index contributed by atoms with van der Waals surface area (Å²) in [4.78, 5) is 4.81. The summed E-state index contributed by atoms with van der Waals surface area (Å²) < 4.78 is 27.3. The molecule has 2 aromatic rings. The zero-order chi connectivity index (χ0) is 21.7. The lowest BCUT2D eigenvalue weighted by molar-refractivity contribution is 0.411. The van der Waals surface area contributed by atoms with Gasteiger partial charge in [-0.25, -0.2) is 23.6 Å². The molecule has 0 amide bonds. The smallest absolute Gasteiger partial charge is 0.250 e. The molecule has 0 aliphatic carbocycles. The zero-order valence-corrected chi connectivity index (χ0v) is 19.1. The molecule has 4 rings (SSSR count). The second-order valence-electron chi connectivity index (χ2n) is 7.30. The molecule has 0 bridgehead atoms. The molecule has 9 heteroatoms. The molecule has 1 aromatic carbocycles. The fourth-order valence-electron chi connectivity index (χ4n) is 3.50. The Kier molecular flexibility index (Phi) is 6.86. The fraction of sp³-hybridized carbons (Fsp3) is 0.318. The predicted octanol–water partition coefficient (Wildman–Crippen LogP) is 3.29. The summed E-state index contributed by atoms with van der Waals surface area (Å²) in [7, 11) is -3.39. The van der Waals surface area contributed by atoms with Crippen LogP contribution < -0.4 is 15.5 Å². The Morgan fingerprint density at radius 2 is 2.00 bits per heavy atom. The Morgan fingerprint density at radius 3 is 2.74 bits per heavy atom. The van der Waals surface area contributed by atoms with Crippen molar-refractivity contribution in [1.29, 1.82) is 0 Å². The molecule has 7 nitrogen and oxygen atoms in total. The Labute approximate surface area is 187 Å². The van der Waals surface area contributed by atoms with Crippen LogP contribution in [0.4, 0.5) is 0 Å². The maximum atomic E-state index is 12.2. The summed E-state index contributed by atoms with van der Waals surface area (Å²) >= 11 is 1.22. The molecule has 0 fully saturated rings. The molecule has 0 atom stereocenters. The number of amidine groups is 1. The minimum atomic E-state index is -3.39. The first-order valence-electron chi connectivity index (χ1n) is 10.5. The normalized spacial score (nSPS) is 17.6. The Hall–Kier alpha value is -2.46. The van der Waals surface area contributed by atoms with Crippen molar-refractivity contribution >= 4 is 32.9 Å². The minimum absolute atomic E-state index is 0.354. The van der Waals surface area contributed by atoms with Crippen LogP contribution in [0.25, 0.3) is 5.70 Å². The van der Waals surface area contributed by atoms with Crippen molar-refractivity contribution in [2.45, 2.75) is 30.4 Å². The first-order chi connectivity index (χ1) is 15.1. The maximum Gasteiger partial charge on any atom is 0.250 e. The van der Waals surface area contributed by atoms with Crippen molar-refractivity contribution in [3.63, 3.8) is 0 Å². The number of hydrogen-bond acceptors (Lipinski definition) is 6. The van der Waals surface area contributed by atoms with Gasteiger partial charge in [-0.1, -0.05) is 43.3 Å². The van der Waals surface area contributed by atoms with Gasteiger partial charge in [-0.3, -0.25) is 4.99 Å². The summed E-state index contributed by atoms with van der Waals surface area (Å²) in [6.45, 7) is 3.99. The molecular weight excluding hydrogens is 430 g/mol. The van der Waals surface area contributed by atoms with Gasteiger partial charge in [-0.15, -0.1) is 11.3 Å². The molecule has 0 unspecified atom stereocenters. The first kappa shape index (κ1) is 21.8. The number of nitrogens with one attached hydrogen (secondary N) is 3. The number of fused-ring (bicyclic) bond motifs is 1. The number of aliphatic imine (C=N–C) groups is 1. The molecule has 2 aliphatic heterocycles. The van der Waals surface area contributed by atoms with Crippen LogP contribution in [0.2, 0.25) is 0 Å². The Bertz CT molecular complexity index is 1090. The Balaban J connectivity index is 1.39. The van der Waals surface area contributed by atoms with Crippen molar-refractivity contribution in [1.82, 2.24) is 20.5 Å². The van der Waals surface area contributed by atoms with E-state index in [9.17, 15) is 8.42 Å². The maximum absolute atomic E-state index is 12.2. The van der Waals surface area contributed by atoms with Crippen LogP contribution in [0.15, 0.2) is 74.5 Å². The van der Waals surface area contributed by atoms with Gasteiger partial charge in [0.05, 0.1) is 5.70 Å². The third-order valence-electron chi connectivity index (χ3n) is 5.19. The molecule has 0 saturated carbocycles. The van der Waals surface area contributed by atoms with Crippen molar-refractivity contribution in [2.24, 2.45) is 4.99 Å². The molecule has 0 spiro atoms. The highest BCUT2D eigenvalue weighted by Crippen LogP contribution is 2.25. The minimum Gasteiger partial charge on any atom is -0.340 e. The van der Waals surface area contributed by atoms with E-state index in [-0.39, 0.29) is 0 Å². The predicted molar refractivity (Wildman–Crippen MR) is 126 cm³/mol. The molecule has 0 saturated heterocycles. The molecule has 0 radical (unpaired) electrons.